The maximum atomic E-state index is 9.88. The second-order valence-electron chi connectivity index (χ2n) is 2.34. The van der Waals surface area contributed by atoms with Gasteiger partial charge in [-0.2, -0.15) is 0 Å². The minimum Gasteiger partial charge on any atom is -0.382 e. The molecule has 1 N–H and O–H groups in total. The molecule has 0 aliphatic carbocycles. The molecular formula is C8H9N3O2. The van der Waals surface area contributed by atoms with E-state index in [1.807, 2.05) is 12.1 Å². The minimum atomic E-state index is -0.518. The number of hydrogen-bond donors (Lipinski definition) is 1. The van der Waals surface area contributed by atoms with Gasteiger partial charge in [-0.25, -0.2) is 0 Å². The summed E-state index contributed by atoms with van der Waals surface area (Å²) < 4.78 is 0. The third kappa shape index (κ3) is 3.85. The number of rotatable bonds is 4. The molecule has 0 aliphatic rings. The molecule has 13 heavy (non-hydrogen) atoms. The van der Waals surface area contributed by atoms with Crippen LogP contribution in [0.15, 0.2) is 36.9 Å². The van der Waals surface area contributed by atoms with Crippen LogP contribution in [-0.2, 0) is 6.54 Å². The van der Waals surface area contributed by atoms with Gasteiger partial charge in [0.1, 0.15) is 0 Å². The molecule has 0 saturated heterocycles. The fourth-order valence-corrected chi connectivity index (χ4v) is 0.793. The summed E-state index contributed by atoms with van der Waals surface area (Å²) in [6.45, 7) is 0.540. The van der Waals surface area contributed by atoms with Crippen LogP contribution in [-0.4, -0.2) is 9.91 Å². The molecule has 5 heteroatoms. The Hall–Kier alpha value is -1.91. The average Bonchev–Trinajstić information content (AvgIpc) is 2.14. The van der Waals surface area contributed by atoms with Gasteiger partial charge >= 0.3 is 0 Å². The standard InChI is InChI=1S/C8H9N3O2/c12-11(13)5-4-10-7-8-2-1-3-9-6-8/h1-6,10H,7H2. The summed E-state index contributed by atoms with van der Waals surface area (Å²) in [7, 11) is 0. The van der Waals surface area contributed by atoms with Gasteiger partial charge in [0.15, 0.2) is 0 Å². The molecule has 0 amide bonds. The van der Waals surface area contributed by atoms with Gasteiger partial charge in [0.05, 0.1) is 11.1 Å². The molecule has 0 aromatic carbocycles. The van der Waals surface area contributed by atoms with E-state index in [2.05, 4.69) is 10.3 Å². The van der Waals surface area contributed by atoms with E-state index in [-0.39, 0.29) is 0 Å². The number of nitro groups is 1. The first-order valence-electron chi connectivity index (χ1n) is 3.71. The zero-order chi connectivity index (χ0) is 9.52. The lowest BCUT2D eigenvalue weighted by Crippen LogP contribution is -2.05. The van der Waals surface area contributed by atoms with Gasteiger partial charge in [0, 0.05) is 18.9 Å². The number of hydrogen-bond acceptors (Lipinski definition) is 4. The Morgan fingerprint density at radius 1 is 1.69 bits per heavy atom. The molecule has 0 spiro atoms. The molecule has 68 valence electrons. The van der Waals surface area contributed by atoms with Crippen molar-refractivity contribution in [3.8, 4) is 0 Å². The largest absolute Gasteiger partial charge is 0.382 e. The van der Waals surface area contributed by atoms with Crippen LogP contribution in [0.2, 0.25) is 0 Å². The normalized spacial score (nSPS) is 10.2. The highest BCUT2D eigenvalue weighted by molar-refractivity contribution is 5.08. The Balaban J connectivity index is 2.32. The Morgan fingerprint density at radius 2 is 2.54 bits per heavy atom. The van der Waals surface area contributed by atoms with Crippen LogP contribution in [0.5, 0.6) is 0 Å². The predicted molar refractivity (Wildman–Crippen MR) is 47.2 cm³/mol. The number of nitrogens with zero attached hydrogens (tertiary/aromatic N) is 2. The van der Waals surface area contributed by atoms with Gasteiger partial charge < -0.3 is 5.32 Å². The van der Waals surface area contributed by atoms with Crippen molar-refractivity contribution in [2.24, 2.45) is 0 Å². The van der Waals surface area contributed by atoms with E-state index in [0.29, 0.717) is 6.54 Å². The lowest BCUT2D eigenvalue weighted by molar-refractivity contribution is -0.402. The highest BCUT2D eigenvalue weighted by atomic mass is 16.6. The molecule has 0 unspecified atom stereocenters. The van der Waals surface area contributed by atoms with Crippen molar-refractivity contribution in [1.29, 1.82) is 0 Å². The molecule has 1 heterocycles. The molecular weight excluding hydrogens is 170 g/mol. The summed E-state index contributed by atoms with van der Waals surface area (Å²) >= 11 is 0. The summed E-state index contributed by atoms with van der Waals surface area (Å²) in [5.74, 6) is 0. The van der Waals surface area contributed by atoms with Crippen molar-refractivity contribution in [3.05, 3.63) is 52.6 Å². The first kappa shape index (κ1) is 9.18. The Kier molecular flexibility index (Phi) is 3.44. The van der Waals surface area contributed by atoms with Gasteiger partial charge in [-0.3, -0.25) is 15.1 Å². The van der Waals surface area contributed by atoms with Gasteiger partial charge in [-0.15, -0.1) is 0 Å². The van der Waals surface area contributed by atoms with Crippen LogP contribution >= 0.6 is 0 Å². The first-order chi connectivity index (χ1) is 6.29. The van der Waals surface area contributed by atoms with Gasteiger partial charge in [-0.1, -0.05) is 6.07 Å². The van der Waals surface area contributed by atoms with E-state index in [1.165, 1.54) is 6.20 Å². The summed E-state index contributed by atoms with van der Waals surface area (Å²) in [5, 5.41) is 12.6. The smallest absolute Gasteiger partial charge is 0.249 e. The van der Waals surface area contributed by atoms with Crippen molar-refractivity contribution in [3.63, 3.8) is 0 Å². The Bertz CT molecular complexity index is 298. The molecule has 0 aliphatic heterocycles. The maximum Gasteiger partial charge on any atom is 0.249 e. The van der Waals surface area contributed by atoms with Crippen molar-refractivity contribution < 1.29 is 4.92 Å². The number of nitrogens with one attached hydrogen (secondary N) is 1. The summed E-state index contributed by atoms with van der Waals surface area (Å²) in [6, 6.07) is 3.70. The fraction of sp³-hybridized carbons (Fsp3) is 0.125. The molecule has 0 bridgehead atoms. The van der Waals surface area contributed by atoms with Crippen LogP contribution in [0.25, 0.3) is 0 Å². The van der Waals surface area contributed by atoms with Crippen LogP contribution in [0, 0.1) is 10.1 Å². The maximum absolute atomic E-state index is 9.88. The van der Waals surface area contributed by atoms with Gasteiger partial charge in [0.25, 0.3) is 0 Å². The van der Waals surface area contributed by atoms with Crippen molar-refractivity contribution >= 4 is 0 Å². The predicted octanol–water partition coefficient (Wildman–Crippen LogP) is 0.919. The molecule has 0 radical (unpaired) electrons. The Labute approximate surface area is 75.3 Å². The van der Waals surface area contributed by atoms with E-state index < -0.39 is 4.92 Å². The van der Waals surface area contributed by atoms with Crippen LogP contribution in [0.3, 0.4) is 0 Å². The highest BCUT2D eigenvalue weighted by Gasteiger charge is 1.88. The first-order valence-corrected chi connectivity index (χ1v) is 3.71. The second kappa shape index (κ2) is 4.87. The van der Waals surface area contributed by atoms with Crippen LogP contribution < -0.4 is 5.32 Å². The summed E-state index contributed by atoms with van der Waals surface area (Å²) in [4.78, 5) is 13.3. The van der Waals surface area contributed by atoms with Gasteiger partial charge in [-0.05, 0) is 11.6 Å². The fourth-order valence-electron chi connectivity index (χ4n) is 0.793. The monoisotopic (exact) mass is 179 g/mol. The van der Waals surface area contributed by atoms with E-state index in [0.717, 1.165) is 11.8 Å². The van der Waals surface area contributed by atoms with Crippen molar-refractivity contribution in [2.75, 3.05) is 0 Å². The van der Waals surface area contributed by atoms with Gasteiger partial charge in [0.2, 0.25) is 6.20 Å². The van der Waals surface area contributed by atoms with E-state index >= 15 is 0 Å². The Morgan fingerprint density at radius 3 is 3.15 bits per heavy atom. The molecule has 5 nitrogen and oxygen atoms in total. The SMILES string of the molecule is O=[N+]([O-])C=CNCc1cccnc1. The molecule has 1 aromatic heterocycles. The van der Waals surface area contributed by atoms with Crippen molar-refractivity contribution in [2.45, 2.75) is 6.54 Å². The summed E-state index contributed by atoms with van der Waals surface area (Å²) in [6.07, 6.45) is 5.53. The third-order valence-electron chi connectivity index (χ3n) is 1.34. The molecule has 1 rings (SSSR count). The van der Waals surface area contributed by atoms with Crippen LogP contribution in [0.1, 0.15) is 5.56 Å². The quantitative estimate of drug-likeness (QED) is 0.551. The molecule has 1 aromatic rings. The molecule has 0 atom stereocenters. The average molecular weight is 179 g/mol. The lowest BCUT2D eigenvalue weighted by Gasteiger charge is -1.97. The van der Waals surface area contributed by atoms with Crippen molar-refractivity contribution in [1.82, 2.24) is 10.3 Å². The lowest BCUT2D eigenvalue weighted by atomic mass is 10.3. The second-order valence-corrected chi connectivity index (χ2v) is 2.34. The molecule has 0 fully saturated rings. The van der Waals surface area contributed by atoms with E-state index in [4.69, 9.17) is 0 Å². The molecule has 0 saturated carbocycles. The third-order valence-corrected chi connectivity index (χ3v) is 1.34. The van der Waals surface area contributed by atoms with E-state index in [9.17, 15) is 10.1 Å². The zero-order valence-corrected chi connectivity index (χ0v) is 6.88. The topological polar surface area (TPSA) is 68.1 Å². The van der Waals surface area contributed by atoms with E-state index in [1.54, 1.807) is 12.4 Å². The van der Waals surface area contributed by atoms with Crippen LogP contribution in [0.4, 0.5) is 0 Å². The zero-order valence-electron chi connectivity index (χ0n) is 6.88. The highest BCUT2D eigenvalue weighted by Crippen LogP contribution is 1.93. The number of pyridine rings is 1. The number of aromatic nitrogens is 1. The minimum absolute atomic E-state index is 0.518. The summed E-state index contributed by atoms with van der Waals surface area (Å²) in [5.41, 5.74) is 0.982.